The molecule has 3 rings (SSSR count). The Bertz CT molecular complexity index is 858. The Hall–Kier alpha value is -2.84. The van der Waals surface area contributed by atoms with Crippen LogP contribution in [0.25, 0.3) is 0 Å². The number of nitrogens with one attached hydrogen (secondary N) is 2. The van der Waals surface area contributed by atoms with Crippen LogP contribution in [0.4, 0.5) is 11.6 Å². The molecule has 0 saturated carbocycles. The third kappa shape index (κ3) is 4.71. The molecule has 2 unspecified atom stereocenters. The quantitative estimate of drug-likeness (QED) is 0.467. The van der Waals surface area contributed by atoms with E-state index < -0.39 is 11.2 Å². The number of furan rings is 2. The molecule has 0 amide bonds. The van der Waals surface area contributed by atoms with E-state index in [-0.39, 0.29) is 13.1 Å². The van der Waals surface area contributed by atoms with Gasteiger partial charge in [0.1, 0.15) is 52.2 Å². The molecular formula is C20H26N4O4. The van der Waals surface area contributed by atoms with Crippen LogP contribution >= 0.6 is 0 Å². The van der Waals surface area contributed by atoms with Crippen molar-refractivity contribution in [2.75, 3.05) is 23.7 Å². The van der Waals surface area contributed by atoms with Crippen LogP contribution in [0.3, 0.4) is 0 Å². The predicted octanol–water partition coefficient (Wildman–Crippen LogP) is 2.92. The van der Waals surface area contributed by atoms with E-state index in [4.69, 9.17) is 8.83 Å². The molecule has 8 heteroatoms. The van der Waals surface area contributed by atoms with Crippen LogP contribution in [0.1, 0.15) is 36.9 Å². The van der Waals surface area contributed by atoms with Gasteiger partial charge in [0.2, 0.25) is 0 Å². The smallest absolute Gasteiger partial charge is 0.137 e. The summed E-state index contributed by atoms with van der Waals surface area (Å²) in [6.07, 6.45) is 1.40. The van der Waals surface area contributed by atoms with Gasteiger partial charge in [0.05, 0.1) is 13.1 Å². The van der Waals surface area contributed by atoms with Crippen molar-refractivity contribution in [1.29, 1.82) is 0 Å². The van der Waals surface area contributed by atoms with Crippen molar-refractivity contribution in [3.8, 4) is 0 Å². The van der Waals surface area contributed by atoms with Crippen molar-refractivity contribution in [2.45, 2.75) is 38.9 Å². The van der Waals surface area contributed by atoms with Crippen LogP contribution in [0, 0.1) is 13.8 Å². The zero-order valence-electron chi connectivity index (χ0n) is 16.5. The molecule has 0 aliphatic carbocycles. The summed E-state index contributed by atoms with van der Waals surface area (Å²) in [7, 11) is 0. The van der Waals surface area contributed by atoms with E-state index >= 15 is 0 Å². The zero-order valence-corrected chi connectivity index (χ0v) is 16.5. The van der Waals surface area contributed by atoms with Gasteiger partial charge in [-0.1, -0.05) is 0 Å². The topological polar surface area (TPSA) is 117 Å². The monoisotopic (exact) mass is 386 g/mol. The first-order valence-electron chi connectivity index (χ1n) is 9.04. The summed E-state index contributed by atoms with van der Waals surface area (Å²) < 4.78 is 11.0. The summed E-state index contributed by atoms with van der Waals surface area (Å²) >= 11 is 0. The molecule has 0 radical (unpaired) electrons. The van der Waals surface area contributed by atoms with Crippen LogP contribution in [-0.2, 0) is 11.2 Å². The zero-order chi connectivity index (χ0) is 20.4. The Labute approximate surface area is 163 Å². The lowest BCUT2D eigenvalue weighted by molar-refractivity contribution is 0.0466. The summed E-state index contributed by atoms with van der Waals surface area (Å²) in [5, 5.41) is 27.4. The number of nitrogens with zero attached hydrogens (tertiary/aromatic N) is 2. The summed E-state index contributed by atoms with van der Waals surface area (Å²) in [6.45, 7) is 7.41. The minimum absolute atomic E-state index is 0.208. The molecule has 0 aliphatic rings. The van der Waals surface area contributed by atoms with Gasteiger partial charge < -0.3 is 29.7 Å². The first-order valence-corrected chi connectivity index (χ1v) is 9.04. The maximum absolute atomic E-state index is 10.6. The van der Waals surface area contributed by atoms with Gasteiger partial charge in [0.25, 0.3) is 0 Å². The fraction of sp³-hybridized carbons (Fsp3) is 0.400. The summed E-state index contributed by atoms with van der Waals surface area (Å²) in [5.41, 5.74) is -2.37. The first kappa shape index (κ1) is 19.9. The van der Waals surface area contributed by atoms with Gasteiger partial charge in [-0.25, -0.2) is 9.97 Å². The average molecular weight is 386 g/mol. The standard InChI is InChI=1S/C20H26N4O4/c1-13-5-7-15(27-13)19(3,25)10-21-17-9-18(24-12-23-17)22-11-20(4,26)16-8-6-14(2)28-16/h5-9,12,25-26H,10-11H2,1-4H3,(H2,21,22,23,24). The van der Waals surface area contributed by atoms with Crippen LogP contribution < -0.4 is 10.6 Å². The normalized spacial score (nSPS) is 15.6. The minimum Gasteiger partial charge on any atom is -0.463 e. The molecular weight excluding hydrogens is 360 g/mol. The summed E-state index contributed by atoms with van der Waals surface area (Å²) in [4.78, 5) is 8.32. The third-order valence-electron chi connectivity index (χ3n) is 4.44. The molecule has 3 heterocycles. The van der Waals surface area contributed by atoms with Gasteiger partial charge in [0, 0.05) is 6.07 Å². The van der Waals surface area contributed by atoms with Crippen LogP contribution in [-0.4, -0.2) is 33.3 Å². The number of aliphatic hydroxyl groups is 2. The largest absolute Gasteiger partial charge is 0.463 e. The van der Waals surface area contributed by atoms with Crippen LogP contribution in [0.5, 0.6) is 0 Å². The van der Waals surface area contributed by atoms with E-state index in [1.165, 1.54) is 6.33 Å². The second-order valence-electron chi connectivity index (χ2n) is 7.36. The molecule has 3 aromatic heterocycles. The maximum Gasteiger partial charge on any atom is 0.137 e. The fourth-order valence-corrected chi connectivity index (χ4v) is 2.70. The first-order chi connectivity index (χ1) is 13.2. The highest BCUT2D eigenvalue weighted by molar-refractivity contribution is 5.47. The second-order valence-corrected chi connectivity index (χ2v) is 7.36. The summed E-state index contributed by atoms with van der Waals surface area (Å²) in [6, 6.07) is 8.82. The molecule has 150 valence electrons. The lowest BCUT2D eigenvalue weighted by atomic mass is 10.0. The molecule has 8 nitrogen and oxygen atoms in total. The molecule has 2 atom stereocenters. The number of rotatable bonds is 8. The number of anilines is 2. The van der Waals surface area contributed by atoms with E-state index in [1.807, 2.05) is 26.0 Å². The van der Waals surface area contributed by atoms with E-state index in [9.17, 15) is 10.2 Å². The predicted molar refractivity (Wildman–Crippen MR) is 105 cm³/mol. The number of aromatic nitrogens is 2. The van der Waals surface area contributed by atoms with Crippen molar-refractivity contribution in [1.82, 2.24) is 9.97 Å². The van der Waals surface area contributed by atoms with Gasteiger partial charge >= 0.3 is 0 Å². The SMILES string of the molecule is Cc1ccc(C(C)(O)CNc2cc(NCC(C)(O)c3ccc(C)o3)ncn2)o1. The maximum atomic E-state index is 10.6. The Balaban J connectivity index is 1.61. The molecule has 0 spiro atoms. The molecule has 0 aliphatic heterocycles. The lowest BCUT2D eigenvalue weighted by Gasteiger charge is -2.23. The van der Waals surface area contributed by atoms with Gasteiger partial charge in [-0.2, -0.15) is 0 Å². The molecule has 0 saturated heterocycles. The number of aryl methyl sites for hydroxylation is 2. The highest BCUT2D eigenvalue weighted by Gasteiger charge is 2.28. The van der Waals surface area contributed by atoms with Gasteiger partial charge in [-0.15, -0.1) is 0 Å². The van der Waals surface area contributed by atoms with Crippen molar-refractivity contribution >= 4 is 11.6 Å². The second kappa shape index (κ2) is 7.65. The highest BCUT2D eigenvalue weighted by atomic mass is 16.4. The third-order valence-corrected chi connectivity index (χ3v) is 4.44. The lowest BCUT2D eigenvalue weighted by Crippen LogP contribution is -2.31. The van der Waals surface area contributed by atoms with Crippen molar-refractivity contribution < 1.29 is 19.0 Å². The molecule has 0 fully saturated rings. The fourth-order valence-electron chi connectivity index (χ4n) is 2.70. The molecule has 0 aromatic carbocycles. The van der Waals surface area contributed by atoms with Crippen molar-refractivity contribution in [2.24, 2.45) is 0 Å². The van der Waals surface area contributed by atoms with Gasteiger partial charge in [-0.3, -0.25) is 0 Å². The highest BCUT2D eigenvalue weighted by Crippen LogP contribution is 2.25. The Morgan fingerprint density at radius 1 is 0.821 bits per heavy atom. The molecule has 0 bridgehead atoms. The molecule has 3 aromatic rings. The van der Waals surface area contributed by atoms with E-state index in [0.717, 1.165) is 11.5 Å². The van der Waals surface area contributed by atoms with E-state index in [1.54, 1.807) is 32.0 Å². The molecule has 4 N–H and O–H groups in total. The Kier molecular flexibility index (Phi) is 5.44. The van der Waals surface area contributed by atoms with Crippen molar-refractivity contribution in [3.05, 3.63) is 59.7 Å². The summed E-state index contributed by atoms with van der Waals surface area (Å²) in [5.74, 6) is 3.51. The van der Waals surface area contributed by atoms with Crippen LogP contribution in [0.15, 0.2) is 45.5 Å². The number of hydrogen-bond donors (Lipinski definition) is 4. The Morgan fingerprint density at radius 2 is 1.25 bits per heavy atom. The Morgan fingerprint density at radius 3 is 1.61 bits per heavy atom. The minimum atomic E-state index is -1.19. The average Bonchev–Trinajstić information content (AvgIpc) is 3.28. The van der Waals surface area contributed by atoms with Gasteiger partial charge in [-0.05, 0) is 52.0 Å². The van der Waals surface area contributed by atoms with Gasteiger partial charge in [0.15, 0.2) is 0 Å². The van der Waals surface area contributed by atoms with Crippen LogP contribution in [0.2, 0.25) is 0 Å². The van der Waals surface area contributed by atoms with Crippen molar-refractivity contribution in [3.63, 3.8) is 0 Å². The number of hydrogen-bond acceptors (Lipinski definition) is 8. The molecule has 28 heavy (non-hydrogen) atoms. The van der Waals surface area contributed by atoms with E-state index in [0.29, 0.717) is 23.2 Å². The van der Waals surface area contributed by atoms with E-state index in [2.05, 4.69) is 20.6 Å².